The SMILES string of the molecule is Nc1ccccc1CCCCCCS(N)(=O)=O. The Morgan fingerprint density at radius 2 is 1.65 bits per heavy atom. The number of benzene rings is 1. The topological polar surface area (TPSA) is 86.2 Å². The van der Waals surface area contributed by atoms with E-state index in [9.17, 15) is 8.42 Å². The summed E-state index contributed by atoms with van der Waals surface area (Å²) < 4.78 is 21.4. The van der Waals surface area contributed by atoms with Gasteiger partial charge in [-0.2, -0.15) is 0 Å². The van der Waals surface area contributed by atoms with E-state index < -0.39 is 10.0 Å². The van der Waals surface area contributed by atoms with Crippen LogP contribution < -0.4 is 10.9 Å². The van der Waals surface area contributed by atoms with Crippen molar-refractivity contribution in [2.24, 2.45) is 5.14 Å². The second kappa shape index (κ2) is 6.61. The van der Waals surface area contributed by atoms with Gasteiger partial charge in [0, 0.05) is 5.69 Å². The zero-order chi connectivity index (χ0) is 12.7. The molecular weight excluding hydrogens is 236 g/mol. The van der Waals surface area contributed by atoms with Gasteiger partial charge in [0.05, 0.1) is 5.75 Å². The maximum Gasteiger partial charge on any atom is 0.209 e. The third kappa shape index (κ3) is 6.28. The molecule has 0 saturated heterocycles. The van der Waals surface area contributed by atoms with Gasteiger partial charge in [-0.1, -0.05) is 31.0 Å². The van der Waals surface area contributed by atoms with E-state index in [1.54, 1.807) is 0 Å². The first-order valence-electron chi connectivity index (χ1n) is 5.83. The number of primary sulfonamides is 1. The third-order valence-electron chi connectivity index (χ3n) is 2.68. The largest absolute Gasteiger partial charge is 0.399 e. The summed E-state index contributed by atoms with van der Waals surface area (Å²) >= 11 is 0. The lowest BCUT2D eigenvalue weighted by Crippen LogP contribution is -2.16. The number of unbranched alkanes of at least 4 members (excludes halogenated alkanes) is 3. The van der Waals surface area contributed by atoms with E-state index in [1.165, 1.54) is 5.56 Å². The van der Waals surface area contributed by atoms with E-state index >= 15 is 0 Å². The number of anilines is 1. The van der Waals surface area contributed by atoms with Crippen LogP contribution in [0.2, 0.25) is 0 Å². The van der Waals surface area contributed by atoms with E-state index in [0.717, 1.165) is 31.4 Å². The number of rotatable bonds is 7. The maximum absolute atomic E-state index is 10.7. The molecule has 0 heterocycles. The van der Waals surface area contributed by atoms with Crippen LogP contribution >= 0.6 is 0 Å². The van der Waals surface area contributed by atoms with Gasteiger partial charge in [-0.05, 0) is 30.9 Å². The fourth-order valence-electron chi connectivity index (χ4n) is 1.73. The Hall–Kier alpha value is -1.07. The smallest absolute Gasteiger partial charge is 0.209 e. The number of hydrogen-bond acceptors (Lipinski definition) is 3. The second-order valence-electron chi connectivity index (χ2n) is 4.23. The van der Waals surface area contributed by atoms with Crippen LogP contribution in [0.1, 0.15) is 31.2 Å². The van der Waals surface area contributed by atoms with Crippen LogP contribution in [0, 0.1) is 0 Å². The molecule has 0 spiro atoms. The lowest BCUT2D eigenvalue weighted by Gasteiger charge is -2.04. The Bertz CT molecular complexity index is 444. The van der Waals surface area contributed by atoms with Gasteiger partial charge in [0.25, 0.3) is 0 Å². The number of sulfonamides is 1. The highest BCUT2D eigenvalue weighted by atomic mass is 32.2. The summed E-state index contributed by atoms with van der Waals surface area (Å²) in [5, 5.41) is 4.92. The lowest BCUT2D eigenvalue weighted by molar-refractivity contribution is 0.589. The Labute approximate surface area is 103 Å². The van der Waals surface area contributed by atoms with Crippen LogP contribution in [0.5, 0.6) is 0 Å². The average molecular weight is 256 g/mol. The normalized spacial score (nSPS) is 11.6. The first kappa shape index (κ1) is 14.0. The molecule has 1 aromatic carbocycles. The van der Waals surface area contributed by atoms with Crippen molar-refractivity contribution < 1.29 is 8.42 Å². The molecule has 0 radical (unpaired) electrons. The minimum atomic E-state index is -3.29. The van der Waals surface area contributed by atoms with Crippen molar-refractivity contribution in [3.63, 3.8) is 0 Å². The van der Waals surface area contributed by atoms with Crippen molar-refractivity contribution in [2.75, 3.05) is 11.5 Å². The van der Waals surface area contributed by atoms with Crippen molar-refractivity contribution in [1.82, 2.24) is 0 Å². The predicted molar refractivity (Wildman–Crippen MR) is 71.0 cm³/mol. The summed E-state index contributed by atoms with van der Waals surface area (Å²) in [6.45, 7) is 0. The predicted octanol–water partition coefficient (Wildman–Crippen LogP) is 1.66. The van der Waals surface area contributed by atoms with Gasteiger partial charge < -0.3 is 5.73 Å². The molecule has 0 atom stereocenters. The van der Waals surface area contributed by atoms with E-state index in [2.05, 4.69) is 0 Å². The maximum atomic E-state index is 10.7. The van der Waals surface area contributed by atoms with E-state index in [0.29, 0.717) is 6.42 Å². The van der Waals surface area contributed by atoms with Gasteiger partial charge in [-0.25, -0.2) is 13.6 Å². The summed E-state index contributed by atoms with van der Waals surface area (Å²) in [7, 11) is -3.29. The van der Waals surface area contributed by atoms with Crippen molar-refractivity contribution in [3.05, 3.63) is 29.8 Å². The minimum Gasteiger partial charge on any atom is -0.399 e. The first-order valence-corrected chi connectivity index (χ1v) is 7.54. The number of nitrogens with two attached hydrogens (primary N) is 2. The highest BCUT2D eigenvalue weighted by Gasteiger charge is 2.02. The van der Waals surface area contributed by atoms with E-state index in [-0.39, 0.29) is 5.75 Å². The standard InChI is InChI=1S/C12H20N2O2S/c13-12-9-5-4-8-11(12)7-3-1-2-6-10-17(14,15)16/h4-5,8-9H,1-3,6-7,10,13H2,(H2,14,15,16). The van der Waals surface area contributed by atoms with Gasteiger partial charge in [-0.15, -0.1) is 0 Å². The number of para-hydroxylation sites is 1. The molecule has 0 aliphatic heterocycles. The van der Waals surface area contributed by atoms with E-state index in [4.69, 9.17) is 10.9 Å². The molecule has 0 aliphatic carbocycles. The quantitative estimate of drug-likeness (QED) is 0.574. The highest BCUT2D eigenvalue weighted by Crippen LogP contribution is 2.14. The second-order valence-corrected chi connectivity index (χ2v) is 5.96. The number of nitrogen functional groups attached to an aromatic ring is 1. The number of aryl methyl sites for hydroxylation is 1. The molecule has 0 amide bonds. The summed E-state index contributed by atoms with van der Waals surface area (Å²) in [6, 6.07) is 7.83. The van der Waals surface area contributed by atoms with Crippen molar-refractivity contribution in [3.8, 4) is 0 Å². The first-order chi connectivity index (χ1) is 7.99. The number of hydrogen-bond donors (Lipinski definition) is 2. The van der Waals surface area contributed by atoms with Crippen LogP contribution in [0.3, 0.4) is 0 Å². The molecule has 4 N–H and O–H groups in total. The fourth-order valence-corrected chi connectivity index (χ4v) is 2.34. The molecule has 0 unspecified atom stereocenters. The summed E-state index contributed by atoms with van der Waals surface area (Å²) in [6.07, 6.45) is 4.51. The molecule has 17 heavy (non-hydrogen) atoms. The molecule has 5 heteroatoms. The minimum absolute atomic E-state index is 0.0838. The monoisotopic (exact) mass is 256 g/mol. The third-order valence-corrected chi connectivity index (χ3v) is 3.54. The van der Waals surface area contributed by atoms with Crippen LogP contribution in [0.4, 0.5) is 5.69 Å². The molecule has 4 nitrogen and oxygen atoms in total. The van der Waals surface area contributed by atoms with Crippen LogP contribution in [0.15, 0.2) is 24.3 Å². The van der Waals surface area contributed by atoms with Crippen molar-refractivity contribution in [2.45, 2.75) is 32.1 Å². The molecule has 1 rings (SSSR count). The summed E-state index contributed by atoms with van der Waals surface area (Å²) in [5.41, 5.74) is 7.82. The van der Waals surface area contributed by atoms with Gasteiger partial charge >= 0.3 is 0 Å². The molecule has 0 saturated carbocycles. The summed E-state index contributed by atoms with van der Waals surface area (Å²) in [5.74, 6) is 0.0838. The van der Waals surface area contributed by atoms with Crippen LogP contribution in [-0.2, 0) is 16.4 Å². The lowest BCUT2D eigenvalue weighted by atomic mass is 10.0. The average Bonchev–Trinajstić information content (AvgIpc) is 2.24. The summed E-state index contributed by atoms with van der Waals surface area (Å²) in [4.78, 5) is 0. The zero-order valence-electron chi connectivity index (χ0n) is 9.93. The molecule has 96 valence electrons. The Balaban J connectivity index is 2.15. The molecule has 0 aromatic heterocycles. The highest BCUT2D eigenvalue weighted by molar-refractivity contribution is 7.89. The van der Waals surface area contributed by atoms with Gasteiger partial charge in [0.15, 0.2) is 0 Å². The van der Waals surface area contributed by atoms with Crippen LogP contribution in [0.25, 0.3) is 0 Å². The van der Waals surface area contributed by atoms with Crippen molar-refractivity contribution in [1.29, 1.82) is 0 Å². The fraction of sp³-hybridized carbons (Fsp3) is 0.500. The molecular formula is C12H20N2O2S. The Kier molecular flexibility index (Phi) is 5.44. The van der Waals surface area contributed by atoms with E-state index in [1.807, 2.05) is 24.3 Å². The van der Waals surface area contributed by atoms with Crippen LogP contribution in [-0.4, -0.2) is 14.2 Å². The van der Waals surface area contributed by atoms with Gasteiger partial charge in [0.2, 0.25) is 10.0 Å². The molecule has 0 aliphatic rings. The Morgan fingerprint density at radius 3 is 2.29 bits per heavy atom. The zero-order valence-corrected chi connectivity index (χ0v) is 10.7. The van der Waals surface area contributed by atoms with Gasteiger partial charge in [0.1, 0.15) is 0 Å². The van der Waals surface area contributed by atoms with Crippen molar-refractivity contribution >= 4 is 15.7 Å². The molecule has 0 fully saturated rings. The Morgan fingerprint density at radius 1 is 1.00 bits per heavy atom. The molecule has 1 aromatic rings. The van der Waals surface area contributed by atoms with Gasteiger partial charge in [-0.3, -0.25) is 0 Å². The molecule has 0 bridgehead atoms.